The number of esters is 1. The number of piperidine rings is 1. The van der Waals surface area contributed by atoms with Crippen molar-refractivity contribution in [2.45, 2.75) is 57.5 Å². The fourth-order valence-electron chi connectivity index (χ4n) is 4.76. The monoisotopic (exact) mass is 501 g/mol. The molecule has 0 radical (unpaired) electrons. The molecular weight excluding hydrogens is 469 g/mol. The zero-order valence-corrected chi connectivity index (χ0v) is 19.0. The number of pyridine rings is 1. The molecule has 2 N–H and O–H groups in total. The number of aromatic nitrogens is 1. The van der Waals surface area contributed by atoms with Gasteiger partial charge in [-0.3, -0.25) is 0 Å². The summed E-state index contributed by atoms with van der Waals surface area (Å²) in [6, 6.07) is 2.69. The molecule has 1 aliphatic heterocycles. The summed E-state index contributed by atoms with van der Waals surface area (Å²) in [5.41, 5.74) is 0.496. The lowest BCUT2D eigenvalue weighted by Gasteiger charge is -2.43. The van der Waals surface area contributed by atoms with E-state index in [2.05, 4.69) is 44.7 Å². The molecule has 28 heavy (non-hydrogen) atoms. The van der Waals surface area contributed by atoms with E-state index in [0.717, 1.165) is 22.5 Å². The van der Waals surface area contributed by atoms with E-state index in [1.54, 1.807) is 6.20 Å². The Labute approximate surface area is 181 Å². The molecule has 0 amide bonds. The highest BCUT2D eigenvalue weighted by Gasteiger charge is 2.34. The first kappa shape index (κ1) is 21.8. The van der Waals surface area contributed by atoms with Crippen LogP contribution in [0.25, 0.3) is 0 Å². The van der Waals surface area contributed by atoms with Crippen LogP contribution < -0.4 is 10.2 Å². The molecule has 156 valence electrons. The van der Waals surface area contributed by atoms with Gasteiger partial charge in [-0.1, -0.05) is 26.2 Å². The molecule has 1 aromatic heterocycles. The van der Waals surface area contributed by atoms with E-state index in [1.807, 2.05) is 6.07 Å². The number of methoxy groups -OCH3 is 1. The van der Waals surface area contributed by atoms with Crippen LogP contribution in [0.1, 0.15) is 55.8 Å². The van der Waals surface area contributed by atoms with Crippen LogP contribution in [-0.2, 0) is 4.74 Å². The topological polar surface area (TPSA) is 74.7 Å². The molecule has 6 nitrogen and oxygen atoms in total. The summed E-state index contributed by atoms with van der Waals surface area (Å²) in [5, 5.41) is 14.0. The lowest BCUT2D eigenvalue weighted by molar-refractivity contribution is 0.0600. The van der Waals surface area contributed by atoms with Gasteiger partial charge in [-0.25, -0.2) is 9.78 Å². The van der Waals surface area contributed by atoms with E-state index >= 15 is 0 Å². The lowest BCUT2D eigenvalue weighted by Crippen LogP contribution is -2.55. The van der Waals surface area contributed by atoms with Crippen LogP contribution in [0.4, 0.5) is 5.82 Å². The van der Waals surface area contributed by atoms with E-state index in [-0.39, 0.29) is 18.5 Å². The molecule has 0 aromatic carbocycles. The number of carbonyl (C=O) groups is 1. The Bertz CT molecular complexity index is 672. The highest BCUT2D eigenvalue weighted by Crippen LogP contribution is 2.30. The van der Waals surface area contributed by atoms with Crippen LogP contribution in [0.5, 0.6) is 0 Å². The minimum absolute atomic E-state index is 0.125. The highest BCUT2D eigenvalue weighted by molar-refractivity contribution is 14.1. The lowest BCUT2D eigenvalue weighted by atomic mass is 9.81. The van der Waals surface area contributed by atoms with E-state index in [9.17, 15) is 9.90 Å². The van der Waals surface area contributed by atoms with Gasteiger partial charge in [0.05, 0.1) is 7.11 Å². The van der Waals surface area contributed by atoms with Crippen molar-refractivity contribution in [1.82, 2.24) is 10.3 Å². The van der Waals surface area contributed by atoms with Crippen molar-refractivity contribution >= 4 is 34.4 Å². The fourth-order valence-corrected chi connectivity index (χ4v) is 5.21. The molecule has 2 fully saturated rings. The SMILES string of the molecule is CCC1CCCCC1NC1CCN(c2ncc(I)cc2C(=O)OC)CC1CO. The summed E-state index contributed by atoms with van der Waals surface area (Å²) in [4.78, 5) is 18.9. The number of rotatable bonds is 6. The van der Waals surface area contributed by atoms with Crippen molar-refractivity contribution in [2.75, 3.05) is 31.7 Å². The smallest absolute Gasteiger partial charge is 0.341 e. The second-order valence-corrected chi connectivity index (χ2v) is 9.27. The third kappa shape index (κ3) is 4.97. The number of halogens is 1. The maximum absolute atomic E-state index is 12.2. The maximum atomic E-state index is 12.2. The summed E-state index contributed by atoms with van der Waals surface area (Å²) in [7, 11) is 1.40. The molecule has 0 spiro atoms. The predicted molar refractivity (Wildman–Crippen MR) is 119 cm³/mol. The zero-order chi connectivity index (χ0) is 20.1. The quantitative estimate of drug-likeness (QED) is 0.461. The number of nitrogens with one attached hydrogen (secondary N) is 1. The third-order valence-corrected chi connectivity index (χ3v) is 6.96. The van der Waals surface area contributed by atoms with Gasteiger partial charge >= 0.3 is 5.97 Å². The van der Waals surface area contributed by atoms with Crippen LogP contribution in [0.15, 0.2) is 12.3 Å². The molecule has 0 bridgehead atoms. The number of aliphatic hydroxyl groups is 1. The second-order valence-electron chi connectivity index (χ2n) is 8.03. The predicted octanol–water partition coefficient (Wildman–Crippen LogP) is 3.22. The molecule has 2 heterocycles. The second kappa shape index (κ2) is 10.2. The zero-order valence-electron chi connectivity index (χ0n) is 16.9. The number of hydrogen-bond donors (Lipinski definition) is 2. The van der Waals surface area contributed by atoms with E-state index < -0.39 is 0 Å². The molecule has 1 aliphatic carbocycles. The Balaban J connectivity index is 1.72. The first-order chi connectivity index (χ1) is 13.6. The van der Waals surface area contributed by atoms with Crippen molar-refractivity contribution in [1.29, 1.82) is 0 Å². The Hall–Kier alpha value is -0.930. The number of carbonyl (C=O) groups excluding carboxylic acids is 1. The molecule has 1 saturated heterocycles. The van der Waals surface area contributed by atoms with Crippen LogP contribution >= 0.6 is 22.6 Å². The van der Waals surface area contributed by atoms with Gasteiger partial charge in [0.25, 0.3) is 0 Å². The Morgan fingerprint density at radius 3 is 2.79 bits per heavy atom. The van der Waals surface area contributed by atoms with Gasteiger partial charge in [0.2, 0.25) is 0 Å². The summed E-state index contributed by atoms with van der Waals surface area (Å²) < 4.78 is 5.85. The van der Waals surface area contributed by atoms with Gasteiger partial charge in [-0.2, -0.15) is 0 Å². The average Bonchev–Trinajstić information content (AvgIpc) is 2.73. The van der Waals surface area contributed by atoms with Crippen molar-refractivity contribution in [2.24, 2.45) is 11.8 Å². The minimum atomic E-state index is -0.366. The molecule has 1 saturated carbocycles. The first-order valence-corrected chi connectivity index (χ1v) is 11.5. The Morgan fingerprint density at radius 2 is 2.07 bits per heavy atom. The van der Waals surface area contributed by atoms with Gasteiger partial charge in [0.1, 0.15) is 11.4 Å². The summed E-state index contributed by atoms with van der Waals surface area (Å²) >= 11 is 2.15. The van der Waals surface area contributed by atoms with E-state index in [0.29, 0.717) is 30.0 Å². The average molecular weight is 501 g/mol. The number of ether oxygens (including phenoxy) is 1. The summed E-state index contributed by atoms with van der Waals surface area (Å²) in [5.74, 6) is 1.16. The molecule has 3 rings (SSSR count). The maximum Gasteiger partial charge on any atom is 0.341 e. The number of nitrogens with zero attached hydrogens (tertiary/aromatic N) is 2. The molecular formula is C21H32IN3O3. The van der Waals surface area contributed by atoms with Gasteiger partial charge in [0.15, 0.2) is 0 Å². The summed E-state index contributed by atoms with van der Waals surface area (Å²) in [6.07, 6.45) is 9.11. The number of hydrogen-bond acceptors (Lipinski definition) is 6. The van der Waals surface area contributed by atoms with Crippen LogP contribution in [-0.4, -0.2) is 54.9 Å². The Morgan fingerprint density at radius 1 is 1.32 bits per heavy atom. The molecule has 4 unspecified atom stereocenters. The Kier molecular flexibility index (Phi) is 7.93. The van der Waals surface area contributed by atoms with Crippen molar-refractivity contribution in [3.05, 3.63) is 21.4 Å². The van der Waals surface area contributed by atoms with Gasteiger partial charge in [-0.05, 0) is 53.8 Å². The van der Waals surface area contributed by atoms with Gasteiger partial charge in [-0.15, -0.1) is 0 Å². The van der Waals surface area contributed by atoms with E-state index in [4.69, 9.17) is 4.74 Å². The van der Waals surface area contributed by atoms with Crippen molar-refractivity contribution in [3.8, 4) is 0 Å². The van der Waals surface area contributed by atoms with E-state index in [1.165, 1.54) is 39.2 Å². The minimum Gasteiger partial charge on any atom is -0.465 e. The fraction of sp³-hybridized carbons (Fsp3) is 0.714. The summed E-state index contributed by atoms with van der Waals surface area (Å²) in [6.45, 7) is 3.92. The highest BCUT2D eigenvalue weighted by atomic mass is 127. The number of anilines is 1. The van der Waals surface area contributed by atoms with Crippen molar-refractivity contribution in [3.63, 3.8) is 0 Å². The number of aliphatic hydroxyl groups excluding tert-OH is 1. The van der Waals surface area contributed by atoms with Gasteiger partial charge in [0, 0.05) is 47.5 Å². The third-order valence-electron chi connectivity index (χ3n) is 6.37. The molecule has 7 heteroatoms. The van der Waals surface area contributed by atoms with Crippen molar-refractivity contribution < 1.29 is 14.6 Å². The molecule has 4 atom stereocenters. The van der Waals surface area contributed by atoms with Gasteiger partial charge < -0.3 is 20.1 Å². The normalized spacial score (nSPS) is 28.2. The van der Waals surface area contributed by atoms with Crippen LogP contribution in [0, 0.1) is 15.4 Å². The largest absolute Gasteiger partial charge is 0.465 e. The molecule has 1 aromatic rings. The first-order valence-electron chi connectivity index (χ1n) is 10.4. The van der Waals surface area contributed by atoms with Crippen LogP contribution in [0.3, 0.4) is 0 Å². The standard InChI is InChI=1S/C21H32IN3O3/c1-3-14-6-4-5-7-18(14)24-19-8-9-25(12-15(19)13-26)20-17(21(27)28-2)10-16(22)11-23-20/h10-11,14-15,18-19,24,26H,3-9,12-13H2,1-2H3. The molecule has 2 aliphatic rings. The van der Waals surface area contributed by atoms with Crippen LogP contribution in [0.2, 0.25) is 0 Å².